The maximum Gasteiger partial charge on any atom is 0.236 e. The lowest BCUT2D eigenvalue weighted by Gasteiger charge is -2.14. The number of carbonyl (C=O) groups is 1. The summed E-state index contributed by atoms with van der Waals surface area (Å²) in [5, 5.41) is 5.02. The van der Waals surface area contributed by atoms with Crippen molar-refractivity contribution in [3.05, 3.63) is 42.0 Å². The van der Waals surface area contributed by atoms with Gasteiger partial charge in [-0.3, -0.25) is 4.79 Å². The van der Waals surface area contributed by atoms with E-state index >= 15 is 0 Å². The van der Waals surface area contributed by atoms with E-state index in [1.54, 1.807) is 14.0 Å². The number of methoxy groups -OCH3 is 1. The minimum atomic E-state index is -0.513. The van der Waals surface area contributed by atoms with Crippen molar-refractivity contribution in [1.82, 2.24) is 5.32 Å². The zero-order chi connectivity index (χ0) is 13.8. The third-order valence-electron chi connectivity index (χ3n) is 3.07. The molecule has 0 radical (unpaired) electrons. The van der Waals surface area contributed by atoms with Crippen molar-refractivity contribution in [3.8, 4) is 5.75 Å². The van der Waals surface area contributed by atoms with Gasteiger partial charge in [-0.2, -0.15) is 0 Å². The third kappa shape index (κ3) is 2.85. The summed E-state index contributed by atoms with van der Waals surface area (Å²) in [6.45, 7) is 2.07. The molecule has 0 saturated carbocycles. The number of hydrogen-bond donors (Lipinski definition) is 2. The number of hydrogen-bond acceptors (Lipinski definition) is 3. The van der Waals surface area contributed by atoms with Crippen LogP contribution in [0.25, 0.3) is 10.8 Å². The highest BCUT2D eigenvalue weighted by atomic mass is 16.5. The minimum Gasteiger partial charge on any atom is -0.496 e. The van der Waals surface area contributed by atoms with Crippen LogP contribution in [0.2, 0.25) is 0 Å². The van der Waals surface area contributed by atoms with Crippen LogP contribution in [0.3, 0.4) is 0 Å². The van der Waals surface area contributed by atoms with E-state index in [1.165, 1.54) is 0 Å². The average Bonchev–Trinajstić information content (AvgIpc) is 2.43. The van der Waals surface area contributed by atoms with Gasteiger partial charge in [0.25, 0.3) is 0 Å². The predicted molar refractivity (Wildman–Crippen MR) is 76.0 cm³/mol. The summed E-state index contributed by atoms with van der Waals surface area (Å²) >= 11 is 0. The maximum absolute atomic E-state index is 11.6. The van der Waals surface area contributed by atoms with Crippen LogP contribution in [0.5, 0.6) is 5.75 Å². The first-order valence-electron chi connectivity index (χ1n) is 6.21. The molecule has 0 fully saturated rings. The van der Waals surface area contributed by atoms with Crippen molar-refractivity contribution in [2.75, 3.05) is 7.11 Å². The molecular weight excluding hydrogens is 240 g/mol. The number of nitrogens with two attached hydrogens (primary N) is 1. The molecule has 0 unspecified atom stereocenters. The zero-order valence-electron chi connectivity index (χ0n) is 11.1. The molecule has 0 heterocycles. The molecule has 4 nitrogen and oxygen atoms in total. The van der Waals surface area contributed by atoms with Gasteiger partial charge in [-0.05, 0) is 23.8 Å². The predicted octanol–water partition coefficient (Wildman–Crippen LogP) is 1.81. The number of benzene rings is 2. The van der Waals surface area contributed by atoms with Gasteiger partial charge in [-0.1, -0.05) is 30.3 Å². The van der Waals surface area contributed by atoms with E-state index in [0.717, 1.165) is 22.1 Å². The molecule has 0 aliphatic carbocycles. The Morgan fingerprint density at radius 1 is 1.32 bits per heavy atom. The zero-order valence-corrected chi connectivity index (χ0v) is 11.1. The van der Waals surface area contributed by atoms with Crippen molar-refractivity contribution >= 4 is 16.7 Å². The monoisotopic (exact) mass is 258 g/mol. The van der Waals surface area contributed by atoms with Crippen molar-refractivity contribution in [3.63, 3.8) is 0 Å². The topological polar surface area (TPSA) is 64.3 Å². The van der Waals surface area contributed by atoms with Crippen molar-refractivity contribution < 1.29 is 9.53 Å². The summed E-state index contributed by atoms with van der Waals surface area (Å²) in [4.78, 5) is 11.6. The summed E-state index contributed by atoms with van der Waals surface area (Å²) in [5.74, 6) is 0.596. The molecule has 0 saturated heterocycles. The van der Waals surface area contributed by atoms with E-state index in [2.05, 4.69) is 5.32 Å². The van der Waals surface area contributed by atoms with E-state index in [1.807, 2.05) is 36.4 Å². The first kappa shape index (κ1) is 13.4. The van der Waals surface area contributed by atoms with Gasteiger partial charge in [0, 0.05) is 12.1 Å². The summed E-state index contributed by atoms with van der Waals surface area (Å²) < 4.78 is 5.36. The lowest BCUT2D eigenvalue weighted by atomic mass is 10.0. The fourth-order valence-electron chi connectivity index (χ4n) is 2.03. The molecule has 19 heavy (non-hydrogen) atoms. The van der Waals surface area contributed by atoms with E-state index in [9.17, 15) is 4.79 Å². The largest absolute Gasteiger partial charge is 0.496 e. The number of nitrogens with one attached hydrogen (secondary N) is 1. The SMILES string of the molecule is COc1ccc2ccccc2c1CNC(=O)[C@@H](C)N. The van der Waals surface area contributed by atoms with E-state index in [-0.39, 0.29) is 5.91 Å². The van der Waals surface area contributed by atoms with Gasteiger partial charge in [0.05, 0.1) is 13.2 Å². The highest BCUT2D eigenvalue weighted by Crippen LogP contribution is 2.27. The fourth-order valence-corrected chi connectivity index (χ4v) is 2.03. The second-order valence-corrected chi connectivity index (χ2v) is 4.47. The van der Waals surface area contributed by atoms with Crippen LogP contribution in [-0.4, -0.2) is 19.1 Å². The number of carbonyl (C=O) groups excluding carboxylic acids is 1. The van der Waals surface area contributed by atoms with Crippen molar-refractivity contribution in [1.29, 1.82) is 0 Å². The Kier molecular flexibility index (Phi) is 4.02. The molecule has 0 aromatic heterocycles. The quantitative estimate of drug-likeness (QED) is 0.879. The van der Waals surface area contributed by atoms with Crippen LogP contribution in [-0.2, 0) is 11.3 Å². The Balaban J connectivity index is 2.36. The van der Waals surface area contributed by atoms with Crippen LogP contribution < -0.4 is 15.8 Å². The Bertz CT molecular complexity index is 594. The molecule has 4 heteroatoms. The van der Waals surface area contributed by atoms with E-state index in [0.29, 0.717) is 6.54 Å². The lowest BCUT2D eigenvalue weighted by molar-refractivity contribution is -0.122. The second kappa shape index (κ2) is 5.71. The summed E-state index contributed by atoms with van der Waals surface area (Å²) in [6.07, 6.45) is 0. The molecule has 2 aromatic carbocycles. The van der Waals surface area contributed by atoms with E-state index < -0.39 is 6.04 Å². The second-order valence-electron chi connectivity index (χ2n) is 4.47. The summed E-state index contributed by atoms with van der Waals surface area (Å²) in [7, 11) is 1.63. The molecule has 1 amide bonds. The van der Waals surface area contributed by atoms with Crippen LogP contribution in [0.1, 0.15) is 12.5 Å². The molecule has 100 valence electrons. The van der Waals surface area contributed by atoms with Crippen LogP contribution in [0, 0.1) is 0 Å². The van der Waals surface area contributed by atoms with Crippen molar-refractivity contribution in [2.24, 2.45) is 5.73 Å². The number of ether oxygens (including phenoxy) is 1. The fraction of sp³-hybridized carbons (Fsp3) is 0.267. The molecule has 0 aliphatic rings. The van der Waals surface area contributed by atoms with Gasteiger partial charge < -0.3 is 15.8 Å². The lowest BCUT2D eigenvalue weighted by Crippen LogP contribution is -2.37. The normalized spacial score (nSPS) is 12.2. The van der Waals surface area contributed by atoms with Crippen LogP contribution in [0.4, 0.5) is 0 Å². The Morgan fingerprint density at radius 2 is 2.05 bits per heavy atom. The molecule has 0 aliphatic heterocycles. The molecule has 0 spiro atoms. The number of rotatable bonds is 4. The number of amides is 1. The molecule has 3 N–H and O–H groups in total. The highest BCUT2D eigenvalue weighted by molar-refractivity contribution is 5.88. The third-order valence-corrected chi connectivity index (χ3v) is 3.07. The Hall–Kier alpha value is -2.07. The van der Waals surface area contributed by atoms with Gasteiger partial charge >= 0.3 is 0 Å². The first-order valence-corrected chi connectivity index (χ1v) is 6.21. The molecular formula is C15H18N2O2. The number of fused-ring (bicyclic) bond motifs is 1. The van der Waals surface area contributed by atoms with Crippen LogP contribution >= 0.6 is 0 Å². The van der Waals surface area contributed by atoms with Gasteiger partial charge in [0.1, 0.15) is 5.75 Å². The van der Waals surface area contributed by atoms with E-state index in [4.69, 9.17) is 10.5 Å². The summed E-state index contributed by atoms with van der Waals surface area (Å²) in [6, 6.07) is 11.4. The Morgan fingerprint density at radius 3 is 2.74 bits per heavy atom. The molecule has 2 aromatic rings. The van der Waals surface area contributed by atoms with Gasteiger partial charge in [0.15, 0.2) is 0 Å². The smallest absolute Gasteiger partial charge is 0.236 e. The summed E-state index contributed by atoms with van der Waals surface area (Å²) in [5.41, 5.74) is 6.51. The molecule has 2 rings (SSSR count). The average molecular weight is 258 g/mol. The van der Waals surface area contributed by atoms with Crippen molar-refractivity contribution in [2.45, 2.75) is 19.5 Å². The molecule has 0 bridgehead atoms. The van der Waals surface area contributed by atoms with Gasteiger partial charge in [0.2, 0.25) is 5.91 Å². The van der Waals surface area contributed by atoms with Crippen LogP contribution in [0.15, 0.2) is 36.4 Å². The highest BCUT2D eigenvalue weighted by Gasteiger charge is 2.11. The molecule has 1 atom stereocenters. The first-order chi connectivity index (χ1) is 9.13. The Labute approximate surface area is 112 Å². The van der Waals surface area contributed by atoms with Gasteiger partial charge in [-0.25, -0.2) is 0 Å². The standard InChI is InChI=1S/C15H18N2O2/c1-10(16)15(18)17-9-13-12-6-4-3-5-11(12)7-8-14(13)19-2/h3-8,10H,9,16H2,1-2H3,(H,17,18)/t10-/m1/s1. The maximum atomic E-state index is 11.6. The van der Waals surface area contributed by atoms with Gasteiger partial charge in [-0.15, -0.1) is 0 Å². The minimum absolute atomic E-state index is 0.171.